The van der Waals surface area contributed by atoms with E-state index in [2.05, 4.69) is 4.74 Å². The first-order valence-electron chi connectivity index (χ1n) is 3.53. The van der Waals surface area contributed by atoms with Gasteiger partial charge in [-0.15, -0.1) is 0 Å². The van der Waals surface area contributed by atoms with E-state index in [0.717, 1.165) is 6.42 Å². The van der Waals surface area contributed by atoms with E-state index < -0.39 is 10.0 Å². The number of esters is 1. The van der Waals surface area contributed by atoms with Gasteiger partial charge in [-0.2, -0.15) is 0 Å². The second-order valence-electron chi connectivity index (χ2n) is 2.28. The van der Waals surface area contributed by atoms with Gasteiger partial charge in [-0.3, -0.25) is 4.79 Å². The Hall–Kier alpha value is 0.160. The number of aliphatic hydroxyl groups is 1. The molecule has 0 aliphatic carbocycles. The molecular formula is C7H13IO3. The zero-order valence-corrected chi connectivity index (χ0v) is 8.87. The molecule has 0 aromatic carbocycles. The lowest BCUT2D eigenvalue weighted by atomic mass is 10.1. The molecule has 0 amide bonds. The quantitative estimate of drug-likeness (QED) is 0.474. The van der Waals surface area contributed by atoms with E-state index in [1.807, 2.05) is 29.5 Å². The van der Waals surface area contributed by atoms with Crippen molar-refractivity contribution in [1.29, 1.82) is 0 Å². The summed E-state index contributed by atoms with van der Waals surface area (Å²) in [6.07, 6.45) is 0.938. The van der Waals surface area contributed by atoms with Crippen molar-refractivity contribution in [3.63, 3.8) is 0 Å². The number of hydrogen-bond acceptors (Lipinski definition) is 3. The second kappa shape index (κ2) is 5.77. The molecule has 0 rings (SSSR count). The fourth-order valence-corrected chi connectivity index (χ4v) is 1.33. The van der Waals surface area contributed by atoms with Crippen molar-refractivity contribution in [2.45, 2.75) is 29.8 Å². The number of hydrogen-bond donors (Lipinski definition) is 1. The molecule has 4 heteroatoms. The van der Waals surface area contributed by atoms with Crippen LogP contribution in [0, 0.1) is 0 Å². The Labute approximate surface area is 80.3 Å². The number of halogens is 1. The number of alkyl halides is 1. The van der Waals surface area contributed by atoms with E-state index in [1.165, 1.54) is 7.11 Å². The van der Waals surface area contributed by atoms with Gasteiger partial charge < -0.3 is 9.84 Å². The van der Waals surface area contributed by atoms with E-state index in [9.17, 15) is 9.90 Å². The molecule has 1 N–H and O–H groups in total. The number of ether oxygens (including phenoxy) is 1. The fourth-order valence-electron chi connectivity index (χ4n) is 0.712. The number of carbonyl (C=O) groups excluding carboxylic acids is 1. The summed E-state index contributed by atoms with van der Waals surface area (Å²) in [7, 11) is 1.33. The van der Waals surface area contributed by atoms with E-state index in [4.69, 9.17) is 0 Å². The van der Waals surface area contributed by atoms with Crippen LogP contribution < -0.4 is 0 Å². The molecule has 0 aliphatic rings. The number of rotatable bonds is 4. The van der Waals surface area contributed by atoms with Crippen molar-refractivity contribution in [1.82, 2.24) is 0 Å². The average molecular weight is 272 g/mol. The van der Waals surface area contributed by atoms with Gasteiger partial charge in [-0.25, -0.2) is 0 Å². The first-order valence-corrected chi connectivity index (χ1v) is 4.78. The molecular weight excluding hydrogens is 259 g/mol. The van der Waals surface area contributed by atoms with Crippen molar-refractivity contribution in [2.24, 2.45) is 0 Å². The normalized spacial score (nSPS) is 15.6. The minimum absolute atomic E-state index is 0.355. The zero-order chi connectivity index (χ0) is 8.85. The third kappa shape index (κ3) is 3.91. The van der Waals surface area contributed by atoms with Crippen molar-refractivity contribution < 1.29 is 14.6 Å². The van der Waals surface area contributed by atoms with E-state index in [0.29, 0.717) is 6.42 Å². The van der Waals surface area contributed by atoms with Gasteiger partial charge in [-0.05, 0) is 6.42 Å². The maximum absolute atomic E-state index is 10.8. The lowest BCUT2D eigenvalue weighted by Crippen LogP contribution is -2.29. The summed E-state index contributed by atoms with van der Waals surface area (Å²) in [4.78, 5) is 10.8. The molecule has 0 aliphatic heterocycles. The molecule has 0 unspecified atom stereocenters. The van der Waals surface area contributed by atoms with Crippen LogP contribution in [0.15, 0.2) is 0 Å². The summed E-state index contributed by atoms with van der Waals surface area (Å²) in [6, 6.07) is 0. The Morgan fingerprint density at radius 1 is 1.73 bits per heavy atom. The van der Waals surface area contributed by atoms with E-state index in [1.54, 1.807) is 0 Å². The van der Waals surface area contributed by atoms with Crippen LogP contribution >= 0.6 is 22.6 Å². The molecule has 0 bridgehead atoms. The first kappa shape index (κ1) is 11.2. The van der Waals surface area contributed by atoms with Gasteiger partial charge in [0.05, 0.1) is 13.2 Å². The molecule has 0 heterocycles. The van der Waals surface area contributed by atoms with Gasteiger partial charge in [0.2, 0.25) is 0 Å². The van der Waals surface area contributed by atoms with Crippen LogP contribution in [0.25, 0.3) is 0 Å². The van der Waals surface area contributed by atoms with Crippen LogP contribution in [0.5, 0.6) is 0 Å². The van der Waals surface area contributed by atoms with Gasteiger partial charge in [0.25, 0.3) is 0 Å². The summed E-state index contributed by atoms with van der Waals surface area (Å²) in [5, 5.41) is 9.31. The standard InChI is InChI=1S/C7H13IO3/c1-3-4-5(9)6(8)7(10)11-2/h5-6,9H,3-4H2,1-2H3/t5-,6-/m1/s1. The van der Waals surface area contributed by atoms with Crippen molar-refractivity contribution in [3.05, 3.63) is 0 Å². The summed E-state index contributed by atoms with van der Waals surface area (Å²) in [5.41, 5.74) is 0. The van der Waals surface area contributed by atoms with Crippen molar-refractivity contribution in [3.8, 4) is 0 Å². The largest absolute Gasteiger partial charge is 0.468 e. The van der Waals surface area contributed by atoms with Gasteiger partial charge in [-0.1, -0.05) is 35.9 Å². The molecule has 0 fully saturated rings. The fraction of sp³-hybridized carbons (Fsp3) is 0.857. The Balaban J connectivity index is 3.80. The van der Waals surface area contributed by atoms with Crippen molar-refractivity contribution >= 4 is 28.6 Å². The van der Waals surface area contributed by atoms with Crippen LogP contribution in [0.1, 0.15) is 19.8 Å². The Morgan fingerprint density at radius 3 is 2.64 bits per heavy atom. The van der Waals surface area contributed by atoms with Crippen molar-refractivity contribution in [2.75, 3.05) is 7.11 Å². The molecule has 0 spiro atoms. The molecule has 3 nitrogen and oxygen atoms in total. The Bertz CT molecular complexity index is 127. The highest BCUT2D eigenvalue weighted by Crippen LogP contribution is 2.12. The van der Waals surface area contributed by atoms with E-state index in [-0.39, 0.29) is 5.97 Å². The van der Waals surface area contributed by atoms with E-state index >= 15 is 0 Å². The number of methoxy groups -OCH3 is 1. The van der Waals surface area contributed by atoms with Gasteiger partial charge in [0.1, 0.15) is 3.92 Å². The lowest BCUT2D eigenvalue weighted by molar-refractivity contribution is -0.141. The van der Waals surface area contributed by atoms with Crippen LogP contribution in [-0.2, 0) is 9.53 Å². The zero-order valence-electron chi connectivity index (χ0n) is 6.71. The van der Waals surface area contributed by atoms with Gasteiger partial charge in [0, 0.05) is 0 Å². The van der Waals surface area contributed by atoms with Crippen LogP contribution in [0.2, 0.25) is 0 Å². The first-order chi connectivity index (χ1) is 5.13. The third-order valence-corrected chi connectivity index (χ3v) is 2.69. The predicted molar refractivity (Wildman–Crippen MR) is 50.7 cm³/mol. The lowest BCUT2D eigenvalue weighted by Gasteiger charge is -2.13. The maximum atomic E-state index is 10.8. The summed E-state index contributed by atoms with van der Waals surface area (Å²) in [5.74, 6) is -0.355. The number of carbonyl (C=O) groups is 1. The summed E-state index contributed by atoms with van der Waals surface area (Å²) in [6.45, 7) is 1.96. The van der Waals surface area contributed by atoms with Crippen LogP contribution in [0.3, 0.4) is 0 Å². The highest BCUT2D eigenvalue weighted by molar-refractivity contribution is 14.1. The molecule has 11 heavy (non-hydrogen) atoms. The predicted octanol–water partition coefficient (Wildman–Crippen LogP) is 1.12. The van der Waals surface area contributed by atoms with Gasteiger partial charge >= 0.3 is 5.97 Å². The molecule has 0 radical (unpaired) electrons. The monoisotopic (exact) mass is 272 g/mol. The Kier molecular flexibility index (Phi) is 5.85. The Morgan fingerprint density at radius 2 is 2.27 bits per heavy atom. The minimum Gasteiger partial charge on any atom is -0.468 e. The minimum atomic E-state index is -0.576. The van der Waals surface area contributed by atoms with Gasteiger partial charge in [0.15, 0.2) is 0 Å². The van der Waals surface area contributed by atoms with Crippen LogP contribution in [0.4, 0.5) is 0 Å². The smallest absolute Gasteiger partial charge is 0.321 e. The summed E-state index contributed by atoms with van der Waals surface area (Å²) < 4.78 is 4.04. The highest BCUT2D eigenvalue weighted by Gasteiger charge is 2.23. The molecule has 66 valence electrons. The molecule has 0 saturated carbocycles. The molecule has 0 aromatic rings. The maximum Gasteiger partial charge on any atom is 0.321 e. The average Bonchev–Trinajstić information content (AvgIpc) is 2.02. The highest BCUT2D eigenvalue weighted by atomic mass is 127. The second-order valence-corrected chi connectivity index (χ2v) is 3.62. The number of aliphatic hydroxyl groups excluding tert-OH is 1. The van der Waals surface area contributed by atoms with Crippen LogP contribution in [-0.4, -0.2) is 28.2 Å². The third-order valence-electron chi connectivity index (χ3n) is 1.35. The summed E-state index contributed by atoms with van der Waals surface area (Å²) >= 11 is 1.89. The molecule has 0 aromatic heterocycles. The molecule has 2 atom stereocenters. The molecule has 0 saturated heterocycles. The topological polar surface area (TPSA) is 46.5 Å². The SMILES string of the molecule is CCC[C@@H](O)[C@@H](I)C(=O)OC.